The lowest BCUT2D eigenvalue weighted by atomic mass is 10.6. The minimum absolute atomic E-state index is 0.228. The molecule has 0 aromatic heterocycles. The number of hydrogen-bond acceptors (Lipinski definition) is 4. The first kappa shape index (κ1) is 9.97. The second-order valence-corrected chi connectivity index (χ2v) is 4.17. The van der Waals surface area contributed by atoms with E-state index in [2.05, 4.69) is 3.97 Å². The molecule has 0 spiro atoms. The van der Waals surface area contributed by atoms with Gasteiger partial charge in [0.1, 0.15) is 0 Å². The van der Waals surface area contributed by atoms with Crippen molar-refractivity contribution in [1.82, 2.24) is 0 Å². The van der Waals surface area contributed by atoms with Crippen molar-refractivity contribution in [2.75, 3.05) is 5.75 Å². The number of hydrogen-bond donors (Lipinski definition) is 1. The highest BCUT2D eigenvalue weighted by atomic mass is 32.2. The van der Waals surface area contributed by atoms with Gasteiger partial charge in [0.25, 0.3) is 0 Å². The zero-order valence-corrected chi connectivity index (χ0v) is 7.06. The van der Waals surface area contributed by atoms with Crippen LogP contribution in [0.25, 0.3) is 0 Å². The molecule has 0 aromatic rings. The normalized spacial score (nSPS) is 13.2. The van der Waals surface area contributed by atoms with Gasteiger partial charge in [0.2, 0.25) is 0 Å². The Morgan fingerprint density at radius 2 is 2.10 bits per heavy atom. The SMILES string of the molecule is CCCS(=O)(=O)O[P+](=O)O. The van der Waals surface area contributed by atoms with Crippen LogP contribution >= 0.6 is 8.25 Å². The van der Waals surface area contributed by atoms with Crippen LogP contribution < -0.4 is 0 Å². The van der Waals surface area contributed by atoms with E-state index in [4.69, 9.17) is 4.89 Å². The van der Waals surface area contributed by atoms with Crippen LogP contribution in [0.15, 0.2) is 0 Å². The van der Waals surface area contributed by atoms with Crippen LogP contribution in [-0.4, -0.2) is 19.1 Å². The molecule has 1 N–H and O–H groups in total. The van der Waals surface area contributed by atoms with Gasteiger partial charge in [-0.25, -0.2) is 0 Å². The van der Waals surface area contributed by atoms with Gasteiger partial charge in [0, 0.05) is 8.54 Å². The molecule has 10 heavy (non-hydrogen) atoms. The summed E-state index contributed by atoms with van der Waals surface area (Å²) in [5.74, 6) is -0.228. The van der Waals surface area contributed by atoms with E-state index < -0.39 is 18.4 Å². The third-order valence-corrected chi connectivity index (χ3v) is 2.96. The molecule has 0 aliphatic rings. The summed E-state index contributed by atoms with van der Waals surface area (Å²) in [5, 5.41) is 0. The molecule has 0 saturated heterocycles. The zero-order chi connectivity index (χ0) is 8.20. The van der Waals surface area contributed by atoms with Gasteiger partial charge in [-0.15, -0.1) is 4.89 Å². The Morgan fingerprint density at radius 1 is 1.60 bits per heavy atom. The molecule has 7 heteroatoms. The Balaban J connectivity index is 4.02. The molecule has 0 fully saturated rings. The van der Waals surface area contributed by atoms with E-state index in [1.807, 2.05) is 0 Å². The molecule has 0 bridgehead atoms. The van der Waals surface area contributed by atoms with Crippen molar-refractivity contribution in [3.05, 3.63) is 0 Å². The molecule has 0 saturated carbocycles. The fourth-order valence-electron chi connectivity index (χ4n) is 0.384. The first-order valence-corrected chi connectivity index (χ1v) is 5.27. The minimum Gasteiger partial charge on any atom is -0.196 e. The summed E-state index contributed by atoms with van der Waals surface area (Å²) in [5.41, 5.74) is 0. The molecule has 1 unspecified atom stereocenters. The second kappa shape index (κ2) is 3.98. The summed E-state index contributed by atoms with van der Waals surface area (Å²) in [7, 11) is -6.80. The minimum atomic E-state index is -3.76. The lowest BCUT2D eigenvalue weighted by Crippen LogP contribution is -2.04. The standard InChI is InChI=1S/C3H7O5PS/c1-2-3-10(6,7)8-9(4)5/h2-3H2,1H3/p+1. The Kier molecular flexibility index (Phi) is 3.96. The Morgan fingerprint density at radius 3 is 2.40 bits per heavy atom. The first-order chi connectivity index (χ1) is 4.48. The zero-order valence-electron chi connectivity index (χ0n) is 5.35. The van der Waals surface area contributed by atoms with Crippen molar-refractivity contribution in [3.63, 3.8) is 0 Å². The van der Waals surface area contributed by atoms with Gasteiger partial charge in [-0.05, 0) is 6.42 Å². The molecule has 1 atom stereocenters. The van der Waals surface area contributed by atoms with Crippen LogP contribution in [0.4, 0.5) is 0 Å². The maximum atomic E-state index is 10.5. The summed E-state index contributed by atoms with van der Waals surface area (Å²) in [4.78, 5) is 8.02. The highest BCUT2D eigenvalue weighted by molar-refractivity contribution is 7.89. The molecule has 0 amide bonds. The molecule has 5 nitrogen and oxygen atoms in total. The van der Waals surface area contributed by atoms with Crippen LogP contribution in [0.5, 0.6) is 0 Å². The molecule has 0 rings (SSSR count). The lowest BCUT2D eigenvalue weighted by Gasteiger charge is -1.88. The fraction of sp³-hybridized carbons (Fsp3) is 1.00. The molecule has 0 aliphatic carbocycles. The van der Waals surface area contributed by atoms with E-state index in [0.29, 0.717) is 6.42 Å². The Labute approximate surface area is 60.1 Å². The van der Waals surface area contributed by atoms with Crippen LogP contribution in [0.3, 0.4) is 0 Å². The smallest absolute Gasteiger partial charge is 0.196 e. The quantitative estimate of drug-likeness (QED) is 0.644. The Hall–Kier alpha value is -0.0300. The van der Waals surface area contributed by atoms with E-state index in [0.717, 1.165) is 0 Å². The van der Waals surface area contributed by atoms with Crippen molar-refractivity contribution in [1.29, 1.82) is 0 Å². The van der Waals surface area contributed by atoms with Crippen molar-refractivity contribution < 1.29 is 21.8 Å². The van der Waals surface area contributed by atoms with E-state index in [-0.39, 0.29) is 5.75 Å². The summed E-state index contributed by atoms with van der Waals surface area (Å²) in [6, 6.07) is 0. The average Bonchev–Trinajstić information content (AvgIpc) is 1.59. The predicted octanol–water partition coefficient (Wildman–Crippen LogP) is 0.393. The third-order valence-electron chi connectivity index (χ3n) is 0.631. The predicted molar refractivity (Wildman–Crippen MR) is 35.0 cm³/mol. The fourth-order valence-corrected chi connectivity index (χ4v) is 1.96. The third kappa shape index (κ3) is 4.81. The van der Waals surface area contributed by atoms with Crippen molar-refractivity contribution in [3.8, 4) is 0 Å². The molecule has 0 aliphatic heterocycles. The highest BCUT2D eigenvalue weighted by Gasteiger charge is 2.25. The van der Waals surface area contributed by atoms with E-state index in [1.54, 1.807) is 6.92 Å². The van der Waals surface area contributed by atoms with Crippen LogP contribution in [-0.2, 0) is 18.7 Å². The lowest BCUT2D eigenvalue weighted by molar-refractivity contribution is 0.404. The van der Waals surface area contributed by atoms with Gasteiger partial charge >= 0.3 is 18.4 Å². The van der Waals surface area contributed by atoms with E-state index >= 15 is 0 Å². The van der Waals surface area contributed by atoms with E-state index in [9.17, 15) is 13.0 Å². The summed E-state index contributed by atoms with van der Waals surface area (Å²) in [6.45, 7) is 1.63. The monoisotopic (exact) mass is 187 g/mol. The first-order valence-electron chi connectivity index (χ1n) is 2.56. The molecule has 0 radical (unpaired) electrons. The van der Waals surface area contributed by atoms with Crippen molar-refractivity contribution in [2.45, 2.75) is 13.3 Å². The van der Waals surface area contributed by atoms with Crippen LogP contribution in [0.2, 0.25) is 0 Å². The molecule has 60 valence electrons. The Bertz CT molecular complexity index is 207. The van der Waals surface area contributed by atoms with Gasteiger partial charge < -0.3 is 0 Å². The summed E-state index contributed by atoms with van der Waals surface area (Å²) >= 11 is 0. The highest BCUT2D eigenvalue weighted by Crippen LogP contribution is 2.19. The topological polar surface area (TPSA) is 80.7 Å². The average molecular weight is 187 g/mol. The van der Waals surface area contributed by atoms with E-state index in [1.165, 1.54) is 0 Å². The number of rotatable bonds is 4. The van der Waals surface area contributed by atoms with Gasteiger partial charge in [0.05, 0.1) is 5.75 Å². The molecule has 0 heterocycles. The summed E-state index contributed by atoms with van der Waals surface area (Å²) < 4.78 is 34.5. The maximum Gasteiger partial charge on any atom is 0.712 e. The van der Waals surface area contributed by atoms with Crippen molar-refractivity contribution >= 4 is 18.4 Å². The van der Waals surface area contributed by atoms with Gasteiger partial charge in [-0.3, -0.25) is 0 Å². The molecular formula is C3H8O5PS+. The second-order valence-electron chi connectivity index (χ2n) is 1.57. The van der Waals surface area contributed by atoms with Gasteiger partial charge in [-0.1, -0.05) is 6.92 Å². The van der Waals surface area contributed by atoms with Crippen LogP contribution in [0.1, 0.15) is 13.3 Å². The summed E-state index contributed by atoms with van der Waals surface area (Å²) in [6.07, 6.45) is 0.367. The molecule has 0 aromatic carbocycles. The maximum absolute atomic E-state index is 10.5. The van der Waals surface area contributed by atoms with Gasteiger partial charge in [-0.2, -0.15) is 8.42 Å². The van der Waals surface area contributed by atoms with Crippen LogP contribution in [0, 0.1) is 0 Å². The van der Waals surface area contributed by atoms with Gasteiger partial charge in [0.15, 0.2) is 0 Å². The largest absolute Gasteiger partial charge is 0.712 e. The van der Waals surface area contributed by atoms with Crippen molar-refractivity contribution in [2.24, 2.45) is 0 Å². The molecular weight excluding hydrogens is 179 g/mol.